The molecular weight excluding hydrogens is 114 g/mol. The Kier molecular flexibility index (Phi) is 3.84. The monoisotopic (exact) mass is 128 g/mol. The van der Waals surface area contributed by atoms with Gasteiger partial charge in [0, 0.05) is 20.6 Å². The summed E-state index contributed by atoms with van der Waals surface area (Å²) in [5, 5.41) is 9.96. The van der Waals surface area contributed by atoms with Crippen LogP contribution in [0.4, 0.5) is 0 Å². The molecule has 0 aliphatic carbocycles. The van der Waals surface area contributed by atoms with Gasteiger partial charge in [0.2, 0.25) is 0 Å². The largest absolute Gasteiger partial charge is 0.359 e. The highest BCUT2D eigenvalue weighted by atomic mass is 15.2. The van der Waals surface area contributed by atoms with Crippen molar-refractivity contribution >= 4 is 5.96 Å². The molecule has 0 aliphatic heterocycles. The number of guanidine groups is 1. The van der Waals surface area contributed by atoms with Gasteiger partial charge in [0.15, 0.2) is 5.96 Å². The van der Waals surface area contributed by atoms with E-state index in [4.69, 9.17) is 5.41 Å². The first-order valence-corrected chi connectivity index (χ1v) is 2.99. The van der Waals surface area contributed by atoms with E-state index < -0.39 is 0 Å². The van der Waals surface area contributed by atoms with Gasteiger partial charge >= 0.3 is 0 Å². The Balaban J connectivity index is 3.45. The minimum Gasteiger partial charge on any atom is -0.359 e. The van der Waals surface area contributed by atoms with Crippen molar-refractivity contribution in [3.63, 3.8) is 0 Å². The average Bonchev–Trinajstić information content (AvgIpc) is 1.87. The summed E-state index contributed by atoms with van der Waals surface area (Å²) in [6.07, 6.45) is 0.834. The van der Waals surface area contributed by atoms with Gasteiger partial charge in [-0.1, -0.05) is 6.92 Å². The Morgan fingerprint density at radius 2 is 2.33 bits per heavy atom. The zero-order chi connectivity index (χ0) is 7.28. The Hall–Kier alpha value is -0.730. The molecule has 1 radical (unpaired) electrons. The van der Waals surface area contributed by atoms with Crippen LogP contribution in [0.15, 0.2) is 0 Å². The third-order valence-electron chi connectivity index (χ3n) is 1.11. The molecule has 2 N–H and O–H groups in total. The molecule has 0 heterocycles. The standard InChI is InChI=1S/C6H14N3/c1-4-5-9(3)6(7)8-2/h1,4-5H2,2-3H3,(H2,7,8). The lowest BCUT2D eigenvalue weighted by Gasteiger charge is -2.17. The summed E-state index contributed by atoms with van der Waals surface area (Å²) >= 11 is 0. The molecule has 0 saturated carbocycles. The quantitative estimate of drug-likeness (QED) is 0.414. The smallest absolute Gasteiger partial charge is 0.190 e. The normalized spacial score (nSPS) is 8.78. The molecular formula is C6H14N3. The van der Waals surface area contributed by atoms with E-state index in [1.807, 2.05) is 11.9 Å². The van der Waals surface area contributed by atoms with E-state index in [2.05, 4.69) is 12.2 Å². The average molecular weight is 128 g/mol. The van der Waals surface area contributed by atoms with Crippen LogP contribution in [0.2, 0.25) is 0 Å². The fraction of sp³-hybridized carbons (Fsp3) is 0.667. The number of nitrogens with one attached hydrogen (secondary N) is 2. The molecule has 0 aromatic heterocycles. The van der Waals surface area contributed by atoms with Gasteiger partial charge < -0.3 is 10.2 Å². The first-order chi connectivity index (χ1) is 4.22. The van der Waals surface area contributed by atoms with Crippen molar-refractivity contribution in [1.29, 1.82) is 5.41 Å². The molecule has 0 fully saturated rings. The molecule has 0 aromatic carbocycles. The zero-order valence-corrected chi connectivity index (χ0v) is 6.07. The van der Waals surface area contributed by atoms with E-state index in [0.29, 0.717) is 5.96 Å². The van der Waals surface area contributed by atoms with Crippen LogP contribution in [0.5, 0.6) is 0 Å². The topological polar surface area (TPSA) is 39.1 Å². The molecule has 0 amide bonds. The first-order valence-electron chi connectivity index (χ1n) is 2.99. The third-order valence-corrected chi connectivity index (χ3v) is 1.11. The minimum atomic E-state index is 0.443. The molecule has 3 nitrogen and oxygen atoms in total. The molecule has 0 rings (SSSR count). The molecule has 3 heteroatoms. The van der Waals surface area contributed by atoms with Crippen LogP contribution < -0.4 is 5.32 Å². The van der Waals surface area contributed by atoms with E-state index in [0.717, 1.165) is 13.0 Å². The van der Waals surface area contributed by atoms with Crippen molar-refractivity contribution in [3.05, 3.63) is 6.92 Å². The molecule has 0 bridgehead atoms. The number of nitrogens with zero attached hydrogens (tertiary/aromatic N) is 1. The Labute approximate surface area is 56.6 Å². The Morgan fingerprint density at radius 1 is 1.78 bits per heavy atom. The van der Waals surface area contributed by atoms with Crippen molar-refractivity contribution < 1.29 is 0 Å². The second-order valence-corrected chi connectivity index (χ2v) is 1.87. The van der Waals surface area contributed by atoms with Gasteiger partial charge in [-0.15, -0.1) is 0 Å². The third kappa shape index (κ3) is 2.95. The summed E-state index contributed by atoms with van der Waals surface area (Å²) in [4.78, 5) is 1.81. The number of hydrogen-bond donors (Lipinski definition) is 2. The molecule has 0 unspecified atom stereocenters. The maximum Gasteiger partial charge on any atom is 0.190 e. The van der Waals surface area contributed by atoms with Gasteiger partial charge in [-0.3, -0.25) is 5.41 Å². The van der Waals surface area contributed by atoms with Crippen molar-refractivity contribution in [2.45, 2.75) is 6.42 Å². The van der Waals surface area contributed by atoms with Gasteiger partial charge in [-0.2, -0.15) is 0 Å². The summed E-state index contributed by atoms with van der Waals surface area (Å²) in [5.41, 5.74) is 0. The second kappa shape index (κ2) is 4.18. The maximum absolute atomic E-state index is 7.23. The van der Waals surface area contributed by atoms with E-state index in [9.17, 15) is 0 Å². The van der Waals surface area contributed by atoms with Crippen molar-refractivity contribution in [2.24, 2.45) is 0 Å². The van der Waals surface area contributed by atoms with Gasteiger partial charge in [0.05, 0.1) is 0 Å². The van der Waals surface area contributed by atoms with Gasteiger partial charge in [0.25, 0.3) is 0 Å². The van der Waals surface area contributed by atoms with Crippen molar-refractivity contribution in [2.75, 3.05) is 20.6 Å². The van der Waals surface area contributed by atoms with Crippen molar-refractivity contribution in [1.82, 2.24) is 10.2 Å². The lowest BCUT2D eigenvalue weighted by atomic mass is 10.4. The molecule has 0 atom stereocenters. The SMILES string of the molecule is [CH2]CCN(C)C(=N)NC. The summed E-state index contributed by atoms with van der Waals surface area (Å²) in [5.74, 6) is 0.443. The second-order valence-electron chi connectivity index (χ2n) is 1.87. The fourth-order valence-electron chi connectivity index (χ4n) is 0.540. The minimum absolute atomic E-state index is 0.443. The van der Waals surface area contributed by atoms with Gasteiger partial charge in [-0.25, -0.2) is 0 Å². The first kappa shape index (κ1) is 8.27. The maximum atomic E-state index is 7.23. The van der Waals surface area contributed by atoms with Crippen LogP contribution in [0.25, 0.3) is 0 Å². The molecule has 0 spiro atoms. The van der Waals surface area contributed by atoms with Gasteiger partial charge in [0.1, 0.15) is 0 Å². The van der Waals surface area contributed by atoms with Crippen LogP contribution in [-0.4, -0.2) is 31.5 Å². The highest BCUT2D eigenvalue weighted by Gasteiger charge is 1.96. The molecule has 53 valence electrons. The lowest BCUT2D eigenvalue weighted by molar-refractivity contribution is 0.492. The zero-order valence-electron chi connectivity index (χ0n) is 6.07. The summed E-state index contributed by atoms with van der Waals surface area (Å²) in [6.45, 7) is 4.51. The molecule has 0 aliphatic rings. The number of rotatable bonds is 2. The highest BCUT2D eigenvalue weighted by Crippen LogP contribution is 1.83. The highest BCUT2D eigenvalue weighted by molar-refractivity contribution is 5.75. The molecule has 0 saturated heterocycles. The Bertz CT molecular complexity index is 90.3. The molecule has 9 heavy (non-hydrogen) atoms. The van der Waals surface area contributed by atoms with Crippen LogP contribution in [-0.2, 0) is 0 Å². The van der Waals surface area contributed by atoms with Crippen LogP contribution in [0.1, 0.15) is 6.42 Å². The van der Waals surface area contributed by atoms with E-state index in [1.54, 1.807) is 7.05 Å². The molecule has 0 aromatic rings. The Morgan fingerprint density at radius 3 is 2.67 bits per heavy atom. The summed E-state index contributed by atoms with van der Waals surface area (Å²) in [6, 6.07) is 0. The van der Waals surface area contributed by atoms with E-state index in [1.165, 1.54) is 0 Å². The lowest BCUT2D eigenvalue weighted by Crippen LogP contribution is -2.35. The summed E-state index contributed by atoms with van der Waals surface area (Å²) < 4.78 is 0. The fourth-order valence-corrected chi connectivity index (χ4v) is 0.540. The predicted octanol–water partition coefficient (Wildman–Crippen LogP) is 0.297. The number of hydrogen-bond acceptors (Lipinski definition) is 1. The van der Waals surface area contributed by atoms with E-state index >= 15 is 0 Å². The predicted molar refractivity (Wildman–Crippen MR) is 39.4 cm³/mol. The van der Waals surface area contributed by atoms with Gasteiger partial charge in [-0.05, 0) is 6.42 Å². The van der Waals surface area contributed by atoms with Crippen LogP contribution in [0, 0.1) is 12.3 Å². The van der Waals surface area contributed by atoms with Crippen molar-refractivity contribution in [3.8, 4) is 0 Å². The summed E-state index contributed by atoms with van der Waals surface area (Å²) in [7, 11) is 3.60. The van der Waals surface area contributed by atoms with Crippen LogP contribution >= 0.6 is 0 Å². The van der Waals surface area contributed by atoms with E-state index in [-0.39, 0.29) is 0 Å². The van der Waals surface area contributed by atoms with Crippen LogP contribution in [0.3, 0.4) is 0 Å².